The second-order valence-corrected chi connectivity index (χ2v) is 6.21. The van der Waals surface area contributed by atoms with Crippen LogP contribution >= 0.6 is 11.8 Å². The topological polar surface area (TPSA) is 75.6 Å². The minimum atomic E-state index is -1.10. The lowest BCUT2D eigenvalue weighted by Gasteiger charge is -2.21. The molecule has 112 valence electrons. The van der Waals surface area contributed by atoms with Crippen LogP contribution in [0.15, 0.2) is 0 Å². The predicted molar refractivity (Wildman–Crippen MR) is 73.3 cm³/mol. The summed E-state index contributed by atoms with van der Waals surface area (Å²) < 4.78 is 16.8. The largest absolute Gasteiger partial charge is 0.480 e. The molecule has 0 saturated heterocycles. The highest BCUT2D eigenvalue weighted by molar-refractivity contribution is 7.99. The van der Waals surface area contributed by atoms with Gasteiger partial charge in [0.1, 0.15) is 11.6 Å². The molecular weight excluding hydrogens is 273 g/mol. The predicted octanol–water partition coefficient (Wildman–Crippen LogP) is 2.45. The lowest BCUT2D eigenvalue weighted by atomic mass is 10.2. The van der Waals surface area contributed by atoms with Crippen molar-refractivity contribution in [3.8, 4) is 0 Å². The number of carbonyl (C=O) groups excluding carboxylic acids is 1. The fourth-order valence-corrected chi connectivity index (χ4v) is 2.09. The van der Waals surface area contributed by atoms with E-state index in [1.54, 1.807) is 20.8 Å². The number of carbonyl (C=O) groups is 2. The first-order valence-corrected chi connectivity index (χ1v) is 7.28. The fraction of sp³-hybridized carbons (Fsp3) is 0.833. The van der Waals surface area contributed by atoms with Crippen molar-refractivity contribution in [2.24, 2.45) is 0 Å². The smallest absolute Gasteiger partial charge is 0.408 e. The number of carboxylic acids is 1. The molecule has 0 aromatic rings. The summed E-state index contributed by atoms with van der Waals surface area (Å²) in [6.45, 7) is 4.74. The van der Waals surface area contributed by atoms with Gasteiger partial charge >= 0.3 is 12.1 Å². The van der Waals surface area contributed by atoms with Crippen LogP contribution in [0.2, 0.25) is 0 Å². The Bertz CT molecular complexity index is 294. The molecule has 0 bridgehead atoms. The molecule has 0 aliphatic carbocycles. The van der Waals surface area contributed by atoms with Crippen LogP contribution in [0.1, 0.15) is 33.6 Å². The Kier molecular flexibility index (Phi) is 8.54. The van der Waals surface area contributed by atoms with Crippen molar-refractivity contribution in [2.75, 3.05) is 18.2 Å². The summed E-state index contributed by atoms with van der Waals surface area (Å²) in [6.07, 6.45) is 0.00150. The lowest BCUT2D eigenvalue weighted by molar-refractivity contribution is -0.139. The summed E-state index contributed by atoms with van der Waals surface area (Å²) in [4.78, 5) is 22.4. The number of hydrogen-bond acceptors (Lipinski definition) is 4. The number of amides is 1. The SMILES string of the molecule is CC(C)(C)OC(=O)N[C@@H](CCSCCCF)C(=O)O. The van der Waals surface area contributed by atoms with E-state index in [1.807, 2.05) is 0 Å². The Labute approximate surface area is 117 Å². The van der Waals surface area contributed by atoms with Gasteiger partial charge in [-0.15, -0.1) is 0 Å². The number of carboxylic acid groups (broad SMARTS) is 1. The Morgan fingerprint density at radius 3 is 2.47 bits per heavy atom. The number of alkyl carbamates (subject to hydrolysis) is 1. The summed E-state index contributed by atoms with van der Waals surface area (Å²) in [5.41, 5.74) is -0.664. The lowest BCUT2D eigenvalue weighted by Crippen LogP contribution is -2.43. The Morgan fingerprint density at radius 1 is 1.37 bits per heavy atom. The third kappa shape index (κ3) is 10.6. The van der Waals surface area contributed by atoms with Crippen molar-refractivity contribution in [2.45, 2.75) is 45.3 Å². The first kappa shape index (κ1) is 18.0. The summed E-state index contributed by atoms with van der Waals surface area (Å²) in [7, 11) is 0. The van der Waals surface area contributed by atoms with Gasteiger partial charge < -0.3 is 15.2 Å². The van der Waals surface area contributed by atoms with Crippen LogP contribution in [-0.4, -0.2) is 47.0 Å². The third-order valence-electron chi connectivity index (χ3n) is 1.96. The van der Waals surface area contributed by atoms with E-state index in [-0.39, 0.29) is 13.1 Å². The van der Waals surface area contributed by atoms with Gasteiger partial charge in [0.25, 0.3) is 0 Å². The van der Waals surface area contributed by atoms with Crippen molar-refractivity contribution in [3.63, 3.8) is 0 Å². The molecule has 0 aromatic heterocycles. The molecule has 0 unspecified atom stereocenters. The van der Waals surface area contributed by atoms with Gasteiger partial charge in [0.2, 0.25) is 0 Å². The molecule has 19 heavy (non-hydrogen) atoms. The molecule has 0 radical (unpaired) electrons. The van der Waals surface area contributed by atoms with Gasteiger partial charge in [-0.1, -0.05) is 0 Å². The summed E-state index contributed by atoms with van der Waals surface area (Å²) >= 11 is 1.47. The van der Waals surface area contributed by atoms with E-state index in [0.29, 0.717) is 17.9 Å². The van der Waals surface area contributed by atoms with Gasteiger partial charge in [0.05, 0.1) is 6.67 Å². The molecule has 1 atom stereocenters. The number of hydrogen-bond donors (Lipinski definition) is 2. The highest BCUT2D eigenvalue weighted by Gasteiger charge is 2.23. The second kappa shape index (κ2) is 9.01. The van der Waals surface area contributed by atoms with E-state index in [9.17, 15) is 14.0 Å². The first-order valence-electron chi connectivity index (χ1n) is 6.12. The van der Waals surface area contributed by atoms with Crippen LogP contribution in [0.4, 0.5) is 9.18 Å². The number of thioether (sulfide) groups is 1. The van der Waals surface area contributed by atoms with Crippen molar-refractivity contribution in [3.05, 3.63) is 0 Å². The van der Waals surface area contributed by atoms with Crippen molar-refractivity contribution < 1.29 is 23.8 Å². The quantitative estimate of drug-likeness (QED) is 0.673. The molecule has 0 spiro atoms. The van der Waals surface area contributed by atoms with Gasteiger partial charge in [-0.05, 0) is 45.1 Å². The number of halogens is 1. The molecule has 0 fully saturated rings. The fourth-order valence-electron chi connectivity index (χ4n) is 1.17. The molecule has 0 aliphatic heterocycles. The molecule has 1 amide bonds. The zero-order chi connectivity index (χ0) is 14.9. The summed E-state index contributed by atoms with van der Waals surface area (Å²) in [6, 6.07) is -0.979. The minimum Gasteiger partial charge on any atom is -0.480 e. The summed E-state index contributed by atoms with van der Waals surface area (Å²) in [5, 5.41) is 11.3. The maximum Gasteiger partial charge on any atom is 0.408 e. The van der Waals surface area contributed by atoms with Crippen LogP contribution in [-0.2, 0) is 9.53 Å². The van der Waals surface area contributed by atoms with E-state index in [4.69, 9.17) is 9.84 Å². The molecule has 0 saturated carbocycles. The minimum absolute atomic E-state index is 0.283. The van der Waals surface area contributed by atoms with Gasteiger partial charge in [0.15, 0.2) is 0 Å². The van der Waals surface area contributed by atoms with Crippen molar-refractivity contribution in [1.82, 2.24) is 5.32 Å². The van der Waals surface area contributed by atoms with Crippen LogP contribution in [0.3, 0.4) is 0 Å². The maximum atomic E-state index is 11.9. The average molecular weight is 295 g/mol. The molecule has 0 rings (SSSR count). The van der Waals surface area contributed by atoms with Gasteiger partial charge in [0, 0.05) is 0 Å². The zero-order valence-electron chi connectivity index (χ0n) is 11.6. The van der Waals surface area contributed by atoms with E-state index in [1.165, 1.54) is 11.8 Å². The van der Waals surface area contributed by atoms with Crippen molar-refractivity contribution >= 4 is 23.8 Å². The third-order valence-corrected chi connectivity index (χ3v) is 3.06. The number of alkyl halides is 1. The first-order chi connectivity index (χ1) is 8.76. The van der Waals surface area contributed by atoms with Crippen LogP contribution in [0, 0.1) is 0 Å². The van der Waals surface area contributed by atoms with E-state index < -0.39 is 23.7 Å². The Balaban J connectivity index is 4.05. The molecule has 5 nitrogen and oxygen atoms in total. The molecule has 0 heterocycles. The van der Waals surface area contributed by atoms with E-state index in [0.717, 1.165) is 0 Å². The standard InChI is InChI=1S/C12H22FNO4S/c1-12(2,3)18-11(17)14-9(10(15)16)5-8-19-7-4-6-13/h9H,4-8H2,1-3H3,(H,14,17)(H,15,16)/t9-/m0/s1. The highest BCUT2D eigenvalue weighted by atomic mass is 32.2. The van der Waals surface area contributed by atoms with Gasteiger partial charge in [-0.3, -0.25) is 4.39 Å². The van der Waals surface area contributed by atoms with Crippen LogP contribution in [0.5, 0.6) is 0 Å². The number of aliphatic carboxylic acids is 1. The van der Waals surface area contributed by atoms with Crippen LogP contribution in [0.25, 0.3) is 0 Å². The molecular formula is C12H22FNO4S. The second-order valence-electron chi connectivity index (χ2n) is 4.98. The number of nitrogens with one attached hydrogen (secondary N) is 1. The average Bonchev–Trinajstić information content (AvgIpc) is 2.24. The Hall–Kier alpha value is -0.980. The highest BCUT2D eigenvalue weighted by Crippen LogP contribution is 2.09. The van der Waals surface area contributed by atoms with Crippen molar-refractivity contribution in [1.29, 1.82) is 0 Å². The maximum absolute atomic E-state index is 11.9. The molecule has 2 N–H and O–H groups in total. The van der Waals surface area contributed by atoms with Crippen LogP contribution < -0.4 is 5.32 Å². The molecule has 0 aromatic carbocycles. The normalized spacial score (nSPS) is 12.8. The van der Waals surface area contributed by atoms with E-state index >= 15 is 0 Å². The monoisotopic (exact) mass is 295 g/mol. The summed E-state index contributed by atoms with van der Waals surface area (Å²) in [5.74, 6) is 0.0964. The Morgan fingerprint density at radius 2 is 2.00 bits per heavy atom. The number of rotatable bonds is 8. The van der Waals surface area contributed by atoms with Gasteiger partial charge in [-0.25, -0.2) is 9.59 Å². The van der Waals surface area contributed by atoms with E-state index in [2.05, 4.69) is 5.32 Å². The van der Waals surface area contributed by atoms with Gasteiger partial charge in [-0.2, -0.15) is 11.8 Å². The molecule has 7 heteroatoms. The number of ether oxygens (including phenoxy) is 1. The zero-order valence-corrected chi connectivity index (χ0v) is 12.4. The molecule has 0 aliphatic rings.